The lowest BCUT2D eigenvalue weighted by atomic mass is 9.98. The topological polar surface area (TPSA) is 105 Å². The summed E-state index contributed by atoms with van der Waals surface area (Å²) in [7, 11) is 1.52. The Morgan fingerprint density at radius 3 is 2.29 bits per heavy atom. The molecule has 34 heavy (non-hydrogen) atoms. The van der Waals surface area contributed by atoms with Crippen molar-refractivity contribution in [1.29, 1.82) is 0 Å². The van der Waals surface area contributed by atoms with E-state index in [0.717, 1.165) is 11.1 Å². The minimum atomic E-state index is -1.01. The number of alkyl carbamates (subject to hydrolysis) is 1. The second-order valence-corrected chi connectivity index (χ2v) is 9.25. The van der Waals surface area contributed by atoms with Crippen molar-refractivity contribution in [1.82, 2.24) is 10.2 Å². The SMILES string of the molecule is COC1CC(C(=O)O)N(C(=O)C2CC2CNC(=O)OCC2c3ccccc3-c3ccccc32)C1. The Labute approximate surface area is 197 Å². The van der Waals surface area contributed by atoms with E-state index in [0.29, 0.717) is 19.4 Å². The molecule has 0 radical (unpaired) electrons. The van der Waals surface area contributed by atoms with Crippen LogP contribution in [0, 0.1) is 11.8 Å². The molecule has 0 aromatic heterocycles. The molecule has 2 fully saturated rings. The van der Waals surface area contributed by atoms with Gasteiger partial charge in [0.1, 0.15) is 12.6 Å². The smallest absolute Gasteiger partial charge is 0.407 e. The molecule has 0 bridgehead atoms. The molecule has 0 spiro atoms. The van der Waals surface area contributed by atoms with Gasteiger partial charge in [0.25, 0.3) is 0 Å². The van der Waals surface area contributed by atoms with Gasteiger partial charge in [-0.1, -0.05) is 48.5 Å². The molecule has 1 saturated heterocycles. The molecule has 8 heteroatoms. The standard InChI is InChI=1S/C26H28N2O6/c1-33-16-11-23(25(30)31)28(13-16)24(29)21-10-15(21)12-27-26(32)34-14-22-19-8-4-2-6-17(19)18-7-3-5-9-20(18)22/h2-9,15-16,21-23H,10-14H2,1H3,(H,27,32)(H,30,31). The van der Waals surface area contributed by atoms with Gasteiger partial charge in [-0.15, -0.1) is 0 Å². The molecule has 2 aromatic carbocycles. The number of hydrogen-bond acceptors (Lipinski definition) is 5. The van der Waals surface area contributed by atoms with E-state index < -0.39 is 18.1 Å². The van der Waals surface area contributed by atoms with E-state index in [1.807, 2.05) is 24.3 Å². The summed E-state index contributed by atoms with van der Waals surface area (Å²) in [6.45, 7) is 0.848. The Bertz CT molecular complexity index is 1070. The van der Waals surface area contributed by atoms with Gasteiger partial charge in [0.15, 0.2) is 0 Å². The Balaban J connectivity index is 1.12. The van der Waals surface area contributed by atoms with Crippen LogP contribution in [0.4, 0.5) is 4.79 Å². The first-order valence-electron chi connectivity index (χ1n) is 11.6. The summed E-state index contributed by atoms with van der Waals surface area (Å²) < 4.78 is 10.8. The highest BCUT2D eigenvalue weighted by molar-refractivity contribution is 5.87. The summed E-state index contributed by atoms with van der Waals surface area (Å²) in [5, 5.41) is 12.2. The summed E-state index contributed by atoms with van der Waals surface area (Å²) in [6, 6.07) is 15.5. The third-order valence-electron chi connectivity index (χ3n) is 7.26. The number of rotatable bonds is 7. The summed E-state index contributed by atoms with van der Waals surface area (Å²) >= 11 is 0. The third kappa shape index (κ3) is 4.14. The van der Waals surface area contributed by atoms with Crippen LogP contribution in [0.15, 0.2) is 48.5 Å². The number of aliphatic carboxylic acids is 1. The minimum absolute atomic E-state index is 0.00903. The lowest BCUT2D eigenvalue weighted by molar-refractivity contribution is -0.148. The predicted molar refractivity (Wildman–Crippen MR) is 123 cm³/mol. The molecule has 178 valence electrons. The number of carboxylic acids is 1. The van der Waals surface area contributed by atoms with E-state index in [1.165, 1.54) is 23.1 Å². The molecule has 2 N–H and O–H groups in total. The van der Waals surface area contributed by atoms with Crippen molar-refractivity contribution in [3.63, 3.8) is 0 Å². The normalized spacial score (nSPS) is 24.9. The van der Waals surface area contributed by atoms with Gasteiger partial charge in [0.2, 0.25) is 5.91 Å². The molecule has 3 aliphatic rings. The van der Waals surface area contributed by atoms with Gasteiger partial charge in [0, 0.05) is 38.5 Å². The monoisotopic (exact) mass is 464 g/mol. The lowest BCUT2D eigenvalue weighted by Crippen LogP contribution is -2.42. The fourth-order valence-corrected chi connectivity index (χ4v) is 5.30. The average Bonchev–Trinajstić information content (AvgIpc) is 3.37. The van der Waals surface area contributed by atoms with Crippen LogP contribution < -0.4 is 5.32 Å². The number of methoxy groups -OCH3 is 1. The van der Waals surface area contributed by atoms with Gasteiger partial charge in [-0.2, -0.15) is 0 Å². The average molecular weight is 465 g/mol. The highest BCUT2D eigenvalue weighted by Crippen LogP contribution is 2.44. The van der Waals surface area contributed by atoms with Gasteiger partial charge in [-0.3, -0.25) is 4.79 Å². The Morgan fingerprint density at radius 2 is 1.68 bits per heavy atom. The molecular weight excluding hydrogens is 436 g/mol. The van der Waals surface area contributed by atoms with Crippen LogP contribution in [0.3, 0.4) is 0 Å². The largest absolute Gasteiger partial charge is 0.480 e. The first-order valence-corrected chi connectivity index (χ1v) is 11.6. The van der Waals surface area contributed by atoms with Gasteiger partial charge >= 0.3 is 12.1 Å². The van der Waals surface area contributed by atoms with Crippen molar-refractivity contribution in [2.75, 3.05) is 26.8 Å². The molecule has 8 nitrogen and oxygen atoms in total. The maximum absolute atomic E-state index is 12.8. The quantitative estimate of drug-likeness (QED) is 0.653. The van der Waals surface area contributed by atoms with E-state index >= 15 is 0 Å². The number of nitrogens with one attached hydrogen (secondary N) is 1. The number of ether oxygens (including phenoxy) is 2. The van der Waals surface area contributed by atoms with Crippen LogP contribution >= 0.6 is 0 Å². The highest BCUT2D eigenvalue weighted by Gasteiger charge is 2.49. The molecule has 5 rings (SSSR count). The van der Waals surface area contributed by atoms with Crippen LogP contribution in [-0.2, 0) is 19.1 Å². The summed E-state index contributed by atoms with van der Waals surface area (Å²) in [4.78, 5) is 38.2. The number of nitrogens with zero attached hydrogens (tertiary/aromatic N) is 1. The number of likely N-dealkylation sites (tertiary alicyclic amines) is 1. The predicted octanol–water partition coefficient (Wildman–Crippen LogP) is 2.86. The first-order chi connectivity index (χ1) is 16.5. The van der Waals surface area contributed by atoms with Crippen molar-refractivity contribution in [2.24, 2.45) is 11.8 Å². The van der Waals surface area contributed by atoms with Crippen molar-refractivity contribution in [3.8, 4) is 11.1 Å². The van der Waals surface area contributed by atoms with Crippen molar-refractivity contribution < 1.29 is 29.0 Å². The summed E-state index contributed by atoms with van der Waals surface area (Å²) in [6.07, 6.45) is 0.154. The van der Waals surface area contributed by atoms with Crippen LogP contribution in [0.2, 0.25) is 0 Å². The van der Waals surface area contributed by atoms with Crippen molar-refractivity contribution >= 4 is 18.0 Å². The van der Waals surface area contributed by atoms with E-state index in [1.54, 1.807) is 0 Å². The molecule has 4 atom stereocenters. The zero-order valence-electron chi connectivity index (χ0n) is 19.0. The minimum Gasteiger partial charge on any atom is -0.480 e. The number of carbonyl (C=O) groups excluding carboxylic acids is 2. The Hall–Kier alpha value is -3.39. The number of fused-ring (bicyclic) bond motifs is 3. The fourth-order valence-electron chi connectivity index (χ4n) is 5.30. The lowest BCUT2D eigenvalue weighted by Gasteiger charge is -2.21. The van der Waals surface area contributed by atoms with E-state index in [2.05, 4.69) is 29.6 Å². The number of amides is 2. The Morgan fingerprint density at radius 1 is 1.03 bits per heavy atom. The van der Waals surface area contributed by atoms with Gasteiger partial charge < -0.3 is 24.8 Å². The van der Waals surface area contributed by atoms with Crippen molar-refractivity contribution in [3.05, 3.63) is 59.7 Å². The molecule has 1 saturated carbocycles. The molecular formula is C26H28N2O6. The number of benzene rings is 2. The molecule has 2 amide bonds. The van der Waals surface area contributed by atoms with Crippen molar-refractivity contribution in [2.45, 2.75) is 30.9 Å². The zero-order chi connectivity index (χ0) is 23.8. The summed E-state index contributed by atoms with van der Waals surface area (Å²) in [5.41, 5.74) is 4.64. The van der Waals surface area contributed by atoms with Crippen LogP contribution in [0.25, 0.3) is 11.1 Å². The first kappa shape index (κ1) is 22.4. The fraction of sp³-hybridized carbons (Fsp3) is 0.423. The van der Waals surface area contributed by atoms with Crippen LogP contribution in [0.5, 0.6) is 0 Å². The van der Waals surface area contributed by atoms with Gasteiger partial charge in [-0.05, 0) is 34.6 Å². The Kier molecular flexibility index (Phi) is 6.00. The third-order valence-corrected chi connectivity index (χ3v) is 7.26. The highest BCUT2D eigenvalue weighted by atomic mass is 16.5. The van der Waals surface area contributed by atoms with E-state index in [-0.39, 0.29) is 42.9 Å². The van der Waals surface area contributed by atoms with E-state index in [9.17, 15) is 19.5 Å². The number of carboxylic acid groups (broad SMARTS) is 1. The molecule has 2 aromatic rings. The van der Waals surface area contributed by atoms with Gasteiger partial charge in [0.05, 0.1) is 6.10 Å². The van der Waals surface area contributed by atoms with Crippen LogP contribution in [-0.4, -0.2) is 66.9 Å². The second kappa shape index (κ2) is 9.10. The van der Waals surface area contributed by atoms with Gasteiger partial charge in [-0.25, -0.2) is 9.59 Å². The maximum atomic E-state index is 12.8. The second-order valence-electron chi connectivity index (χ2n) is 9.25. The maximum Gasteiger partial charge on any atom is 0.407 e. The zero-order valence-corrected chi connectivity index (χ0v) is 19.0. The summed E-state index contributed by atoms with van der Waals surface area (Å²) in [5.74, 6) is -1.48. The molecule has 4 unspecified atom stereocenters. The van der Waals surface area contributed by atoms with Crippen LogP contribution in [0.1, 0.15) is 29.9 Å². The van der Waals surface area contributed by atoms with E-state index in [4.69, 9.17) is 9.47 Å². The molecule has 1 heterocycles. The molecule has 1 aliphatic heterocycles. The number of carbonyl (C=O) groups is 3. The molecule has 2 aliphatic carbocycles. The number of hydrogen-bond donors (Lipinski definition) is 2.